The fourth-order valence-corrected chi connectivity index (χ4v) is 4.68. The molecule has 2 heterocycles. The predicted octanol–water partition coefficient (Wildman–Crippen LogP) is 3.52. The van der Waals surface area contributed by atoms with E-state index in [-0.39, 0.29) is 30.4 Å². The van der Waals surface area contributed by atoms with Gasteiger partial charge in [-0.15, -0.1) is 0 Å². The van der Waals surface area contributed by atoms with Crippen molar-refractivity contribution < 1.29 is 23.5 Å². The maximum atomic E-state index is 13.7. The number of hydrogen-bond acceptors (Lipinski definition) is 4. The van der Waals surface area contributed by atoms with Crippen LogP contribution in [0.5, 0.6) is 0 Å². The van der Waals surface area contributed by atoms with Gasteiger partial charge in [0.2, 0.25) is 5.91 Å². The van der Waals surface area contributed by atoms with E-state index < -0.39 is 17.6 Å². The third kappa shape index (κ3) is 5.07. The molecule has 35 heavy (non-hydrogen) atoms. The molecule has 2 saturated heterocycles. The summed E-state index contributed by atoms with van der Waals surface area (Å²) in [5.41, 5.74) is 0.964. The monoisotopic (exact) mass is 481 g/mol. The molecule has 7 nitrogen and oxygen atoms in total. The van der Waals surface area contributed by atoms with Crippen molar-refractivity contribution in [3.63, 3.8) is 0 Å². The number of amides is 3. The summed E-state index contributed by atoms with van der Waals surface area (Å²) in [5.74, 6) is -1.09. The summed E-state index contributed by atoms with van der Waals surface area (Å²) < 4.78 is 19.5. The van der Waals surface area contributed by atoms with Crippen LogP contribution in [0.1, 0.15) is 59.4 Å². The highest BCUT2D eigenvalue weighted by atomic mass is 19.1. The molecule has 2 aliphatic heterocycles. The highest BCUT2D eigenvalue weighted by molar-refractivity contribution is 5.98. The van der Waals surface area contributed by atoms with Crippen LogP contribution in [0.15, 0.2) is 48.5 Å². The topological polar surface area (TPSA) is 79.0 Å². The van der Waals surface area contributed by atoms with Crippen LogP contribution in [0.3, 0.4) is 0 Å². The maximum absolute atomic E-state index is 13.7. The Kier molecular flexibility index (Phi) is 7.21. The Hall–Kier alpha value is -3.26. The zero-order valence-corrected chi connectivity index (χ0v) is 20.4. The molecule has 0 aliphatic carbocycles. The van der Waals surface area contributed by atoms with Crippen molar-refractivity contribution in [3.05, 3.63) is 71.0 Å². The second-order valence-corrected chi connectivity index (χ2v) is 9.43. The first-order valence-corrected chi connectivity index (χ1v) is 12.1. The Morgan fingerprint density at radius 3 is 2.20 bits per heavy atom. The summed E-state index contributed by atoms with van der Waals surface area (Å²) in [4.78, 5) is 43.1. The average molecular weight is 482 g/mol. The van der Waals surface area contributed by atoms with Crippen molar-refractivity contribution in [1.29, 1.82) is 0 Å². The molecule has 2 atom stereocenters. The number of aryl methyl sites for hydroxylation is 1. The largest absolute Gasteiger partial charge is 0.353 e. The first kappa shape index (κ1) is 24.9. The van der Waals surface area contributed by atoms with E-state index in [4.69, 9.17) is 4.74 Å². The lowest BCUT2D eigenvalue weighted by Gasteiger charge is -2.44. The quantitative estimate of drug-likeness (QED) is 0.709. The summed E-state index contributed by atoms with van der Waals surface area (Å²) in [6, 6.07) is 12.0. The van der Waals surface area contributed by atoms with Crippen LogP contribution in [0.4, 0.5) is 4.39 Å². The van der Waals surface area contributed by atoms with E-state index in [9.17, 15) is 18.8 Å². The fourth-order valence-electron chi connectivity index (χ4n) is 4.68. The minimum Gasteiger partial charge on any atom is -0.353 e. The molecule has 0 saturated carbocycles. The first-order valence-electron chi connectivity index (χ1n) is 12.1. The van der Waals surface area contributed by atoms with Gasteiger partial charge in [0.05, 0.1) is 6.61 Å². The molecule has 4 rings (SSSR count). The molecule has 0 radical (unpaired) electrons. The molecular weight excluding hydrogens is 449 g/mol. The van der Waals surface area contributed by atoms with E-state index in [1.807, 2.05) is 32.9 Å². The van der Waals surface area contributed by atoms with Gasteiger partial charge < -0.3 is 15.0 Å². The van der Waals surface area contributed by atoms with Crippen molar-refractivity contribution in [1.82, 2.24) is 15.1 Å². The van der Waals surface area contributed by atoms with Crippen molar-refractivity contribution in [2.75, 3.05) is 19.7 Å². The van der Waals surface area contributed by atoms with Gasteiger partial charge in [0, 0.05) is 43.1 Å². The second kappa shape index (κ2) is 10.2. The molecule has 8 heteroatoms. The van der Waals surface area contributed by atoms with Crippen LogP contribution in [-0.4, -0.2) is 65.0 Å². The van der Waals surface area contributed by atoms with E-state index in [0.717, 1.165) is 12.0 Å². The standard InChI is InChI=1S/C27H32FN3O4/c1-4-19(3)29-24(32)23-17-35-27(31(23)26(34)21-7-5-18(2)6-8-21)13-15-30(16-14-27)25(33)20-9-11-22(28)12-10-20/h5-12,19,23H,4,13-17H2,1-3H3,(H,29,32)/t19-,23+/m1/s1. The molecule has 2 aliphatic rings. The van der Waals surface area contributed by atoms with Gasteiger partial charge in [-0.3, -0.25) is 19.3 Å². The van der Waals surface area contributed by atoms with E-state index in [2.05, 4.69) is 5.32 Å². The van der Waals surface area contributed by atoms with Gasteiger partial charge in [-0.25, -0.2) is 4.39 Å². The molecule has 1 spiro atoms. The van der Waals surface area contributed by atoms with Gasteiger partial charge in [0.1, 0.15) is 17.6 Å². The second-order valence-electron chi connectivity index (χ2n) is 9.43. The van der Waals surface area contributed by atoms with Crippen LogP contribution in [0.25, 0.3) is 0 Å². The number of likely N-dealkylation sites (tertiary alicyclic amines) is 1. The first-order chi connectivity index (χ1) is 16.7. The Morgan fingerprint density at radius 1 is 1.03 bits per heavy atom. The molecular formula is C27H32FN3O4. The smallest absolute Gasteiger partial charge is 0.256 e. The minimum atomic E-state index is -0.973. The molecule has 1 N–H and O–H groups in total. The van der Waals surface area contributed by atoms with Gasteiger partial charge in [-0.05, 0) is 56.7 Å². The zero-order chi connectivity index (χ0) is 25.2. The zero-order valence-electron chi connectivity index (χ0n) is 20.4. The molecule has 0 aromatic heterocycles. The van der Waals surface area contributed by atoms with Crippen LogP contribution in [0.2, 0.25) is 0 Å². The van der Waals surface area contributed by atoms with E-state index in [1.165, 1.54) is 24.3 Å². The third-order valence-electron chi connectivity index (χ3n) is 7.00. The van der Waals surface area contributed by atoms with Crippen molar-refractivity contribution >= 4 is 17.7 Å². The van der Waals surface area contributed by atoms with Gasteiger partial charge in [0.25, 0.3) is 11.8 Å². The number of carbonyl (C=O) groups is 3. The summed E-state index contributed by atoms with van der Waals surface area (Å²) in [6.45, 7) is 6.67. The number of rotatable bonds is 5. The number of carbonyl (C=O) groups excluding carboxylic acids is 3. The van der Waals surface area contributed by atoms with E-state index in [0.29, 0.717) is 37.1 Å². The lowest BCUT2D eigenvalue weighted by Crippen LogP contribution is -2.60. The summed E-state index contributed by atoms with van der Waals surface area (Å²) in [5, 5.41) is 2.98. The average Bonchev–Trinajstić information content (AvgIpc) is 3.23. The van der Waals surface area contributed by atoms with Crippen LogP contribution in [0, 0.1) is 12.7 Å². The van der Waals surface area contributed by atoms with E-state index in [1.54, 1.807) is 21.9 Å². The molecule has 2 aromatic carbocycles. The summed E-state index contributed by atoms with van der Waals surface area (Å²) in [7, 11) is 0. The van der Waals surface area contributed by atoms with Gasteiger partial charge in [-0.1, -0.05) is 24.6 Å². The van der Waals surface area contributed by atoms with Crippen molar-refractivity contribution in [3.8, 4) is 0 Å². The maximum Gasteiger partial charge on any atom is 0.256 e. The van der Waals surface area contributed by atoms with Crippen LogP contribution < -0.4 is 5.32 Å². The Labute approximate surface area is 205 Å². The van der Waals surface area contributed by atoms with Gasteiger partial charge in [-0.2, -0.15) is 0 Å². The Bertz CT molecular complexity index is 1080. The Balaban J connectivity index is 1.57. The number of ether oxygens (including phenoxy) is 1. The molecule has 0 unspecified atom stereocenters. The van der Waals surface area contributed by atoms with Crippen molar-refractivity contribution in [2.24, 2.45) is 0 Å². The summed E-state index contributed by atoms with van der Waals surface area (Å²) >= 11 is 0. The number of hydrogen-bond donors (Lipinski definition) is 1. The number of piperidine rings is 1. The lowest BCUT2D eigenvalue weighted by molar-refractivity contribution is -0.128. The molecule has 2 fully saturated rings. The minimum absolute atomic E-state index is 0.0226. The third-order valence-corrected chi connectivity index (χ3v) is 7.00. The fraction of sp³-hybridized carbons (Fsp3) is 0.444. The normalized spacial score (nSPS) is 20.1. The molecule has 186 valence electrons. The molecule has 3 amide bonds. The predicted molar refractivity (Wildman–Crippen MR) is 129 cm³/mol. The van der Waals surface area contributed by atoms with Gasteiger partial charge >= 0.3 is 0 Å². The number of nitrogens with one attached hydrogen (secondary N) is 1. The number of benzene rings is 2. The number of halogens is 1. The van der Waals surface area contributed by atoms with Gasteiger partial charge in [0.15, 0.2) is 0 Å². The SMILES string of the molecule is CC[C@@H](C)NC(=O)[C@@H]1COC2(CCN(C(=O)c3ccc(F)cc3)CC2)N1C(=O)c1ccc(C)cc1. The van der Waals surface area contributed by atoms with Crippen molar-refractivity contribution in [2.45, 2.75) is 57.8 Å². The number of nitrogens with zero attached hydrogens (tertiary/aromatic N) is 2. The van der Waals surface area contributed by atoms with E-state index >= 15 is 0 Å². The lowest BCUT2D eigenvalue weighted by atomic mass is 9.96. The van der Waals surface area contributed by atoms with Crippen LogP contribution >= 0.6 is 0 Å². The summed E-state index contributed by atoms with van der Waals surface area (Å²) in [6.07, 6.45) is 1.53. The highest BCUT2D eigenvalue weighted by Crippen LogP contribution is 2.39. The molecule has 0 bridgehead atoms. The van der Waals surface area contributed by atoms with Crippen LogP contribution in [-0.2, 0) is 9.53 Å². The Morgan fingerprint density at radius 2 is 1.60 bits per heavy atom. The molecule has 2 aromatic rings. The highest BCUT2D eigenvalue weighted by Gasteiger charge is 2.54.